The van der Waals surface area contributed by atoms with Gasteiger partial charge < -0.3 is 9.84 Å². The number of hydrogen-bond acceptors (Lipinski definition) is 2. The van der Waals surface area contributed by atoms with Gasteiger partial charge in [-0.15, -0.1) is 0 Å². The van der Waals surface area contributed by atoms with Crippen molar-refractivity contribution < 1.29 is 28.7 Å². The third kappa shape index (κ3) is 3.14. The zero-order valence-electron chi connectivity index (χ0n) is 7.22. The van der Waals surface area contributed by atoms with Crippen LogP contribution in [-0.4, -0.2) is 7.11 Å². The first-order chi connectivity index (χ1) is 4.84. The second kappa shape index (κ2) is 5.46. The molecule has 2 nitrogen and oxygen atoms in total. The van der Waals surface area contributed by atoms with Gasteiger partial charge in [-0.1, -0.05) is 0 Å². The van der Waals surface area contributed by atoms with Crippen LogP contribution in [0.25, 0.3) is 0 Å². The fourth-order valence-corrected chi connectivity index (χ4v) is 1.17. The van der Waals surface area contributed by atoms with Gasteiger partial charge in [-0.3, -0.25) is 0 Å². The molecule has 0 aliphatic heterocycles. The molecule has 0 amide bonds. The molecule has 0 heterocycles. The minimum atomic E-state index is -0.129. The maximum Gasteiger partial charge on any atom is 1.00 e. The Kier molecular flexibility index (Phi) is 5.36. The number of rotatable bonds is 1. The topological polar surface area (TPSA) is 32.3 Å². The zero-order chi connectivity index (χ0) is 7.40. The largest absolute Gasteiger partial charge is 1.00 e. The van der Waals surface area contributed by atoms with Crippen LogP contribution in [0.4, 0.5) is 0 Å². The fraction of sp³-hybridized carbons (Fsp3) is 0.625. The summed E-state index contributed by atoms with van der Waals surface area (Å²) in [6.45, 7) is 0. The van der Waals surface area contributed by atoms with Crippen LogP contribution in [0.5, 0.6) is 0 Å². The van der Waals surface area contributed by atoms with Crippen LogP contribution >= 0.6 is 0 Å². The third-order valence-corrected chi connectivity index (χ3v) is 1.75. The number of hydrogen-bond donors (Lipinski definition) is 0. The molecule has 0 unspecified atom stereocenters. The Morgan fingerprint density at radius 1 is 1.64 bits per heavy atom. The van der Waals surface area contributed by atoms with Crippen LogP contribution in [0.3, 0.4) is 0 Å². The Bertz CT molecular complexity index is 135. The van der Waals surface area contributed by atoms with Crippen LogP contribution < -0.4 is 24.0 Å². The van der Waals surface area contributed by atoms with E-state index in [0.717, 1.165) is 31.3 Å². The fourth-order valence-electron chi connectivity index (χ4n) is 1.17. The van der Waals surface area contributed by atoms with Crippen molar-refractivity contribution in [2.24, 2.45) is 0 Å². The number of ether oxygens (including phenoxy) is 1. The Hall–Kier alpha value is -0.193. The SMILES string of the molecule is CO/C([O-])=C1/C[CH+]CCC1.[Li+]. The molecule has 1 rings (SSSR count). The first kappa shape index (κ1) is 10.8. The molecule has 0 bridgehead atoms. The molecule has 56 valence electrons. The molecular formula is C8H12LiO2+. The van der Waals surface area contributed by atoms with Gasteiger partial charge in [0, 0.05) is 0 Å². The van der Waals surface area contributed by atoms with Crippen LogP contribution in [-0.2, 0) is 4.74 Å². The Labute approximate surface area is 79.8 Å². The van der Waals surface area contributed by atoms with Gasteiger partial charge in [0.2, 0.25) is 0 Å². The molecule has 0 atom stereocenters. The van der Waals surface area contributed by atoms with E-state index in [1.54, 1.807) is 0 Å². The van der Waals surface area contributed by atoms with Crippen LogP contribution in [0, 0.1) is 6.42 Å². The van der Waals surface area contributed by atoms with E-state index in [2.05, 4.69) is 11.2 Å². The molecule has 1 aliphatic carbocycles. The van der Waals surface area contributed by atoms with Gasteiger partial charge in [-0.2, -0.15) is 0 Å². The predicted octanol–water partition coefficient (Wildman–Crippen LogP) is -2.01. The summed E-state index contributed by atoms with van der Waals surface area (Å²) in [5.74, 6) is -0.129. The second-order valence-corrected chi connectivity index (χ2v) is 2.48. The van der Waals surface area contributed by atoms with E-state index in [-0.39, 0.29) is 24.8 Å². The molecule has 3 heteroatoms. The molecule has 1 aliphatic rings. The van der Waals surface area contributed by atoms with Gasteiger partial charge in [0.25, 0.3) is 0 Å². The van der Waals surface area contributed by atoms with Crippen molar-refractivity contribution in [1.29, 1.82) is 0 Å². The zero-order valence-corrected chi connectivity index (χ0v) is 7.22. The van der Waals surface area contributed by atoms with Crippen molar-refractivity contribution in [1.82, 2.24) is 0 Å². The molecule has 1 saturated carbocycles. The van der Waals surface area contributed by atoms with Gasteiger partial charge in [0.1, 0.15) is 6.42 Å². The first-order valence-electron chi connectivity index (χ1n) is 3.59. The molecule has 0 aromatic rings. The van der Waals surface area contributed by atoms with E-state index < -0.39 is 0 Å². The Morgan fingerprint density at radius 3 is 2.82 bits per heavy atom. The maximum atomic E-state index is 10.9. The van der Waals surface area contributed by atoms with Gasteiger partial charge in [0.15, 0.2) is 0 Å². The van der Waals surface area contributed by atoms with Crippen LogP contribution in [0.1, 0.15) is 25.7 Å². The van der Waals surface area contributed by atoms with Gasteiger partial charge >= 0.3 is 18.9 Å². The minimum absolute atomic E-state index is 0. The average Bonchev–Trinajstić information content (AvgIpc) is 2.05. The van der Waals surface area contributed by atoms with Crippen molar-refractivity contribution in [2.45, 2.75) is 25.7 Å². The van der Waals surface area contributed by atoms with E-state index in [1.165, 1.54) is 7.11 Å². The average molecular weight is 147 g/mol. The normalized spacial score (nSPS) is 21.2. The molecule has 0 radical (unpaired) electrons. The van der Waals surface area contributed by atoms with E-state index in [0.29, 0.717) is 0 Å². The van der Waals surface area contributed by atoms with Gasteiger partial charge in [-0.05, 0) is 25.5 Å². The van der Waals surface area contributed by atoms with Crippen molar-refractivity contribution >= 4 is 0 Å². The molecule has 0 N–H and O–H groups in total. The summed E-state index contributed by atoms with van der Waals surface area (Å²) in [4.78, 5) is 0. The van der Waals surface area contributed by atoms with E-state index in [4.69, 9.17) is 0 Å². The summed E-state index contributed by atoms with van der Waals surface area (Å²) in [7, 11) is 1.43. The smallest absolute Gasteiger partial charge is 0.616 e. The number of methoxy groups -OCH3 is 1. The summed E-state index contributed by atoms with van der Waals surface area (Å²) in [6.07, 6.45) is 6.12. The quantitative estimate of drug-likeness (QED) is 0.244. The summed E-state index contributed by atoms with van der Waals surface area (Å²) in [6, 6.07) is 0. The van der Waals surface area contributed by atoms with E-state index >= 15 is 0 Å². The third-order valence-electron chi connectivity index (χ3n) is 1.75. The summed E-state index contributed by atoms with van der Waals surface area (Å²) in [5.41, 5.74) is 0.925. The van der Waals surface area contributed by atoms with Gasteiger partial charge in [0.05, 0.1) is 18.8 Å². The summed E-state index contributed by atoms with van der Waals surface area (Å²) < 4.78 is 4.59. The molecular weight excluding hydrogens is 135 g/mol. The standard InChI is InChI=1S/C8H12O2.Li/c1-10-8(9)7-5-3-2-4-6-7;/h3H,2,4-6H2,1H3;/q;+1/b8-7-;. The molecule has 0 saturated heterocycles. The number of allylic oxidation sites excluding steroid dienone is 1. The molecule has 1 fully saturated rings. The summed E-state index contributed by atoms with van der Waals surface area (Å²) in [5, 5.41) is 10.9. The first-order valence-corrected chi connectivity index (χ1v) is 3.59. The van der Waals surface area contributed by atoms with Crippen LogP contribution in [0.15, 0.2) is 11.5 Å². The van der Waals surface area contributed by atoms with Crippen molar-refractivity contribution in [3.8, 4) is 0 Å². The van der Waals surface area contributed by atoms with Crippen LogP contribution in [0.2, 0.25) is 0 Å². The van der Waals surface area contributed by atoms with E-state index in [1.807, 2.05) is 0 Å². The molecule has 0 spiro atoms. The monoisotopic (exact) mass is 147 g/mol. The summed E-state index contributed by atoms with van der Waals surface area (Å²) >= 11 is 0. The van der Waals surface area contributed by atoms with E-state index in [9.17, 15) is 5.11 Å². The van der Waals surface area contributed by atoms with Crippen molar-refractivity contribution in [2.75, 3.05) is 7.11 Å². The maximum absolute atomic E-state index is 10.9. The molecule has 11 heavy (non-hydrogen) atoms. The second-order valence-electron chi connectivity index (χ2n) is 2.48. The van der Waals surface area contributed by atoms with Crippen molar-refractivity contribution in [3.05, 3.63) is 17.9 Å². The molecule has 0 aromatic carbocycles. The molecule has 0 aromatic heterocycles. The van der Waals surface area contributed by atoms with Crippen molar-refractivity contribution in [3.63, 3.8) is 0 Å². The predicted molar refractivity (Wildman–Crippen MR) is 36.8 cm³/mol. The Balaban J connectivity index is 0.000001000. The van der Waals surface area contributed by atoms with Gasteiger partial charge in [-0.25, -0.2) is 0 Å². The minimum Gasteiger partial charge on any atom is -0.616 e. The Morgan fingerprint density at radius 2 is 2.36 bits per heavy atom.